The highest BCUT2D eigenvalue weighted by Gasteiger charge is 2.07. The van der Waals surface area contributed by atoms with Crippen molar-refractivity contribution < 1.29 is 0 Å². The lowest BCUT2D eigenvalue weighted by molar-refractivity contribution is 0.794. The average molecular weight is 349 g/mol. The van der Waals surface area contributed by atoms with E-state index in [9.17, 15) is 0 Å². The summed E-state index contributed by atoms with van der Waals surface area (Å²) < 4.78 is 0. The van der Waals surface area contributed by atoms with Gasteiger partial charge in [-0.2, -0.15) is 0 Å². The van der Waals surface area contributed by atoms with Crippen LogP contribution in [0, 0.1) is 6.92 Å². The van der Waals surface area contributed by atoms with E-state index in [0.717, 1.165) is 44.1 Å². The van der Waals surface area contributed by atoms with E-state index < -0.39 is 0 Å². The van der Waals surface area contributed by atoms with Gasteiger partial charge in [-0.15, -0.1) is 0 Å². The van der Waals surface area contributed by atoms with Gasteiger partial charge in [-0.05, 0) is 44.0 Å². The fourth-order valence-corrected chi connectivity index (χ4v) is 3.13. The fraction of sp³-hybridized carbons (Fsp3) is 0.333. The largest absolute Gasteiger partial charge is 0.358 e. The van der Waals surface area contributed by atoms with E-state index >= 15 is 0 Å². The van der Waals surface area contributed by atoms with Crippen LogP contribution < -0.4 is 10.6 Å². The second kappa shape index (κ2) is 9.04. The van der Waals surface area contributed by atoms with Gasteiger partial charge >= 0.3 is 0 Å². The number of aromatic amines is 1. The van der Waals surface area contributed by atoms with E-state index in [-0.39, 0.29) is 0 Å². The topological polar surface area (TPSA) is 65.1 Å². The summed E-state index contributed by atoms with van der Waals surface area (Å²) in [4.78, 5) is 12.5. The first kappa shape index (κ1) is 18.0. The van der Waals surface area contributed by atoms with Gasteiger partial charge in [0.2, 0.25) is 0 Å². The van der Waals surface area contributed by atoms with E-state index in [1.165, 1.54) is 22.2 Å². The van der Waals surface area contributed by atoms with Gasteiger partial charge in [0.25, 0.3) is 0 Å². The number of guanidine groups is 1. The molecule has 0 amide bonds. The van der Waals surface area contributed by atoms with Crippen LogP contribution in [0.2, 0.25) is 0 Å². The summed E-state index contributed by atoms with van der Waals surface area (Å²) in [6.07, 6.45) is 3.63. The summed E-state index contributed by atoms with van der Waals surface area (Å²) in [6, 6.07) is 14.5. The lowest BCUT2D eigenvalue weighted by atomic mass is 10.1. The van der Waals surface area contributed by atoms with Gasteiger partial charge in [-0.1, -0.05) is 24.3 Å². The Hall–Kier alpha value is -2.82. The zero-order valence-electron chi connectivity index (χ0n) is 15.5. The predicted molar refractivity (Wildman–Crippen MR) is 109 cm³/mol. The van der Waals surface area contributed by atoms with Crippen molar-refractivity contribution >= 4 is 16.9 Å². The van der Waals surface area contributed by atoms with Crippen LogP contribution in [0.1, 0.15) is 23.9 Å². The van der Waals surface area contributed by atoms with Crippen LogP contribution in [0.3, 0.4) is 0 Å². The standard InChI is InChI=1S/C21H27N5/c1-3-22-21(24-14-11-17-8-6-7-13-23-17)25-15-12-18-16(2)26-20-10-5-4-9-19(18)20/h4-10,13,26H,3,11-12,14-15H2,1-2H3,(H2,22,24,25). The minimum absolute atomic E-state index is 0.721. The van der Waals surface area contributed by atoms with Crippen molar-refractivity contribution in [1.82, 2.24) is 20.6 Å². The Bertz CT molecular complexity index is 851. The minimum atomic E-state index is 0.721. The van der Waals surface area contributed by atoms with Crippen LogP contribution in [0.5, 0.6) is 0 Å². The van der Waals surface area contributed by atoms with Gasteiger partial charge in [0.15, 0.2) is 5.96 Å². The Morgan fingerprint density at radius 1 is 1.08 bits per heavy atom. The summed E-state index contributed by atoms with van der Waals surface area (Å²) in [5.74, 6) is 0.862. The number of rotatable bonds is 7. The molecule has 3 aromatic rings. The third-order valence-corrected chi connectivity index (χ3v) is 4.40. The molecule has 5 nitrogen and oxygen atoms in total. The number of benzene rings is 1. The first-order valence-electron chi connectivity index (χ1n) is 9.26. The molecule has 0 fully saturated rings. The van der Waals surface area contributed by atoms with Crippen molar-refractivity contribution in [2.24, 2.45) is 4.99 Å². The molecule has 26 heavy (non-hydrogen) atoms. The number of aliphatic imine (C=N–C) groups is 1. The van der Waals surface area contributed by atoms with E-state index in [1.54, 1.807) is 0 Å². The van der Waals surface area contributed by atoms with Crippen LogP contribution in [0.25, 0.3) is 10.9 Å². The first-order valence-corrected chi connectivity index (χ1v) is 9.26. The molecular formula is C21H27N5. The molecule has 0 radical (unpaired) electrons. The normalized spacial score (nSPS) is 11.7. The van der Waals surface area contributed by atoms with Gasteiger partial charge in [0, 0.05) is 54.5 Å². The smallest absolute Gasteiger partial charge is 0.191 e. The van der Waals surface area contributed by atoms with Crippen molar-refractivity contribution in [2.75, 3.05) is 19.6 Å². The minimum Gasteiger partial charge on any atom is -0.358 e. The molecular weight excluding hydrogens is 322 g/mol. The van der Waals surface area contributed by atoms with Crippen molar-refractivity contribution in [2.45, 2.75) is 26.7 Å². The Kier molecular flexibility index (Phi) is 6.25. The Balaban J connectivity index is 1.56. The zero-order valence-corrected chi connectivity index (χ0v) is 15.5. The Morgan fingerprint density at radius 3 is 2.73 bits per heavy atom. The summed E-state index contributed by atoms with van der Waals surface area (Å²) in [5.41, 5.74) is 4.89. The maximum atomic E-state index is 4.66. The van der Waals surface area contributed by atoms with E-state index in [4.69, 9.17) is 0 Å². The zero-order chi connectivity index (χ0) is 18.2. The average Bonchev–Trinajstić information content (AvgIpc) is 2.98. The number of nitrogens with one attached hydrogen (secondary N) is 3. The number of aryl methyl sites for hydroxylation is 1. The summed E-state index contributed by atoms with van der Waals surface area (Å²) in [6.45, 7) is 6.64. The van der Waals surface area contributed by atoms with Gasteiger partial charge < -0.3 is 15.6 Å². The third kappa shape index (κ3) is 4.63. The number of para-hydroxylation sites is 1. The molecule has 3 N–H and O–H groups in total. The second-order valence-electron chi connectivity index (χ2n) is 6.28. The Labute approximate surface area is 155 Å². The van der Waals surface area contributed by atoms with Gasteiger partial charge in [-0.3, -0.25) is 9.98 Å². The molecule has 0 saturated carbocycles. The molecule has 5 heteroatoms. The molecule has 3 rings (SSSR count). The number of hydrogen-bond acceptors (Lipinski definition) is 2. The van der Waals surface area contributed by atoms with E-state index in [1.807, 2.05) is 24.4 Å². The quantitative estimate of drug-likeness (QED) is 0.453. The number of nitrogens with zero attached hydrogens (tertiary/aromatic N) is 2. The van der Waals surface area contributed by atoms with Crippen LogP contribution >= 0.6 is 0 Å². The number of hydrogen-bond donors (Lipinski definition) is 3. The first-order chi connectivity index (χ1) is 12.8. The molecule has 0 atom stereocenters. The molecule has 1 aromatic carbocycles. The number of fused-ring (bicyclic) bond motifs is 1. The number of aromatic nitrogens is 2. The molecule has 136 valence electrons. The maximum Gasteiger partial charge on any atom is 0.191 e. The van der Waals surface area contributed by atoms with Gasteiger partial charge in [0.05, 0.1) is 0 Å². The van der Waals surface area contributed by atoms with Gasteiger partial charge in [-0.25, -0.2) is 0 Å². The molecule has 0 spiro atoms. The number of H-pyrrole nitrogens is 1. The van der Waals surface area contributed by atoms with Crippen LogP contribution in [0.15, 0.2) is 53.7 Å². The monoisotopic (exact) mass is 349 g/mol. The molecule has 0 bridgehead atoms. The van der Waals surface area contributed by atoms with Crippen molar-refractivity contribution in [3.8, 4) is 0 Å². The number of pyridine rings is 1. The van der Waals surface area contributed by atoms with Crippen LogP contribution in [-0.4, -0.2) is 35.6 Å². The van der Waals surface area contributed by atoms with E-state index in [2.05, 4.69) is 63.7 Å². The third-order valence-electron chi connectivity index (χ3n) is 4.40. The summed E-state index contributed by atoms with van der Waals surface area (Å²) in [5, 5.41) is 8.06. The molecule has 2 heterocycles. The van der Waals surface area contributed by atoms with Crippen molar-refractivity contribution in [3.63, 3.8) is 0 Å². The lowest BCUT2D eigenvalue weighted by Crippen LogP contribution is -2.38. The predicted octanol–water partition coefficient (Wildman–Crippen LogP) is 3.21. The SMILES string of the molecule is CCNC(=NCCc1ccccn1)NCCc1c(C)[nH]c2ccccc12. The van der Waals surface area contributed by atoms with Crippen LogP contribution in [0.4, 0.5) is 0 Å². The second-order valence-corrected chi connectivity index (χ2v) is 6.28. The summed E-state index contributed by atoms with van der Waals surface area (Å²) in [7, 11) is 0. The van der Waals surface area contributed by atoms with Gasteiger partial charge in [0.1, 0.15) is 0 Å². The molecule has 0 aliphatic rings. The fourth-order valence-electron chi connectivity index (χ4n) is 3.13. The van der Waals surface area contributed by atoms with E-state index in [0.29, 0.717) is 0 Å². The highest BCUT2D eigenvalue weighted by atomic mass is 15.2. The van der Waals surface area contributed by atoms with Crippen molar-refractivity contribution in [3.05, 3.63) is 65.6 Å². The van der Waals surface area contributed by atoms with Crippen LogP contribution in [-0.2, 0) is 12.8 Å². The Morgan fingerprint density at radius 2 is 1.92 bits per heavy atom. The van der Waals surface area contributed by atoms with Crippen molar-refractivity contribution in [1.29, 1.82) is 0 Å². The molecule has 0 unspecified atom stereocenters. The highest BCUT2D eigenvalue weighted by molar-refractivity contribution is 5.84. The molecule has 0 aliphatic heterocycles. The highest BCUT2D eigenvalue weighted by Crippen LogP contribution is 2.21. The molecule has 0 aliphatic carbocycles. The summed E-state index contributed by atoms with van der Waals surface area (Å²) >= 11 is 0. The lowest BCUT2D eigenvalue weighted by Gasteiger charge is -2.11. The maximum absolute atomic E-state index is 4.66. The molecule has 2 aromatic heterocycles. The molecule has 0 saturated heterocycles.